The Labute approximate surface area is 125 Å². The first kappa shape index (κ1) is 13.5. The molecule has 0 amide bonds. The van der Waals surface area contributed by atoms with Gasteiger partial charge in [0.25, 0.3) is 0 Å². The van der Waals surface area contributed by atoms with Crippen molar-refractivity contribution in [3.05, 3.63) is 60.2 Å². The number of aromatic nitrogens is 3. The maximum Gasteiger partial charge on any atom is 0.354 e. The molecule has 3 rings (SSSR count). The predicted molar refractivity (Wildman–Crippen MR) is 80.3 cm³/mol. The molecule has 1 aromatic carbocycles. The minimum atomic E-state index is -1.02. The topological polar surface area (TPSA) is 76.0 Å². The summed E-state index contributed by atoms with van der Waals surface area (Å²) in [4.78, 5) is 23.5. The van der Waals surface area contributed by atoms with E-state index in [-0.39, 0.29) is 5.69 Å². The number of carboxylic acid groups (broad SMARTS) is 1. The number of hydrogen-bond acceptors (Lipinski definition) is 5. The minimum Gasteiger partial charge on any atom is -0.477 e. The number of carbonyl (C=O) groups is 1. The fraction of sp³-hybridized carbons (Fsp3) is 0.0667. The van der Waals surface area contributed by atoms with E-state index in [9.17, 15) is 4.79 Å². The van der Waals surface area contributed by atoms with Crippen LogP contribution in [0.2, 0.25) is 0 Å². The third-order valence-corrected chi connectivity index (χ3v) is 3.93. The standard InChI is InChI=1S/C15H11N3O2S/c19-15(20)13-7-3-4-10(18-13)8-21-14-11-5-1-2-6-12(11)16-9-17-14/h1-7,9H,8H2,(H,19,20). The number of pyridine rings is 1. The van der Waals surface area contributed by atoms with Crippen LogP contribution < -0.4 is 0 Å². The highest BCUT2D eigenvalue weighted by Gasteiger charge is 2.07. The van der Waals surface area contributed by atoms with Crippen LogP contribution in [-0.4, -0.2) is 26.0 Å². The van der Waals surface area contributed by atoms with Crippen LogP contribution >= 0.6 is 11.8 Å². The van der Waals surface area contributed by atoms with Crippen LogP contribution in [0, 0.1) is 0 Å². The maximum atomic E-state index is 10.9. The zero-order valence-electron chi connectivity index (χ0n) is 10.9. The summed E-state index contributed by atoms with van der Waals surface area (Å²) >= 11 is 1.52. The number of aromatic carboxylic acids is 1. The van der Waals surface area contributed by atoms with Gasteiger partial charge in [-0.1, -0.05) is 36.0 Å². The Morgan fingerprint density at radius 1 is 1.10 bits per heavy atom. The Bertz CT molecular complexity index is 802. The third-order valence-electron chi connectivity index (χ3n) is 2.89. The van der Waals surface area contributed by atoms with Gasteiger partial charge in [-0.25, -0.2) is 19.7 Å². The van der Waals surface area contributed by atoms with Gasteiger partial charge in [0, 0.05) is 11.1 Å². The summed E-state index contributed by atoms with van der Waals surface area (Å²) in [6, 6.07) is 12.8. The minimum absolute atomic E-state index is 0.0562. The molecule has 0 bridgehead atoms. The summed E-state index contributed by atoms with van der Waals surface area (Å²) in [6.07, 6.45) is 1.53. The average molecular weight is 297 g/mol. The van der Waals surface area contributed by atoms with Gasteiger partial charge in [-0.05, 0) is 18.2 Å². The molecule has 21 heavy (non-hydrogen) atoms. The van der Waals surface area contributed by atoms with Gasteiger partial charge in [0.2, 0.25) is 0 Å². The lowest BCUT2D eigenvalue weighted by molar-refractivity contribution is 0.0690. The summed E-state index contributed by atoms with van der Waals surface area (Å²) in [6.45, 7) is 0. The van der Waals surface area contributed by atoms with Crippen LogP contribution in [0.15, 0.2) is 53.8 Å². The molecule has 0 aliphatic rings. The highest BCUT2D eigenvalue weighted by Crippen LogP contribution is 2.26. The number of nitrogens with zero attached hydrogens (tertiary/aromatic N) is 3. The number of fused-ring (bicyclic) bond motifs is 1. The third kappa shape index (κ3) is 3.00. The van der Waals surface area contributed by atoms with Gasteiger partial charge in [-0.15, -0.1) is 0 Å². The molecule has 3 aromatic rings. The molecule has 0 spiro atoms. The van der Waals surface area contributed by atoms with Crippen molar-refractivity contribution in [2.75, 3.05) is 0 Å². The second kappa shape index (κ2) is 5.88. The first-order valence-corrected chi connectivity index (χ1v) is 7.24. The van der Waals surface area contributed by atoms with Crippen LogP contribution in [0.3, 0.4) is 0 Å². The van der Waals surface area contributed by atoms with Crippen molar-refractivity contribution in [3.8, 4) is 0 Å². The lowest BCUT2D eigenvalue weighted by Crippen LogP contribution is -2.01. The Morgan fingerprint density at radius 3 is 2.81 bits per heavy atom. The monoisotopic (exact) mass is 297 g/mol. The van der Waals surface area contributed by atoms with Crippen LogP contribution in [0.4, 0.5) is 0 Å². The molecule has 2 heterocycles. The van der Waals surface area contributed by atoms with Gasteiger partial charge in [0.1, 0.15) is 17.0 Å². The Balaban J connectivity index is 1.84. The normalized spacial score (nSPS) is 10.7. The second-order valence-electron chi connectivity index (χ2n) is 4.30. The fourth-order valence-electron chi connectivity index (χ4n) is 1.92. The van der Waals surface area contributed by atoms with E-state index in [0.717, 1.165) is 15.9 Å². The van der Waals surface area contributed by atoms with Crippen molar-refractivity contribution >= 4 is 28.6 Å². The Hall–Kier alpha value is -2.47. The summed E-state index contributed by atoms with van der Waals surface area (Å²) in [5.41, 5.74) is 1.66. The van der Waals surface area contributed by atoms with Crippen molar-refractivity contribution in [1.29, 1.82) is 0 Å². The predicted octanol–water partition coefficient (Wildman–Crippen LogP) is 3.02. The summed E-state index contributed by atoms with van der Waals surface area (Å²) < 4.78 is 0. The van der Waals surface area contributed by atoms with Gasteiger partial charge in [-0.3, -0.25) is 0 Å². The van der Waals surface area contributed by atoms with Gasteiger partial charge in [0.15, 0.2) is 0 Å². The number of hydrogen-bond donors (Lipinski definition) is 1. The summed E-state index contributed by atoms with van der Waals surface area (Å²) in [7, 11) is 0. The zero-order valence-corrected chi connectivity index (χ0v) is 11.7. The Morgan fingerprint density at radius 2 is 1.95 bits per heavy atom. The quantitative estimate of drug-likeness (QED) is 0.589. The maximum absolute atomic E-state index is 10.9. The molecule has 5 nitrogen and oxygen atoms in total. The van der Waals surface area contributed by atoms with Gasteiger partial charge in [0.05, 0.1) is 11.2 Å². The van der Waals surface area contributed by atoms with Gasteiger partial charge >= 0.3 is 5.97 Å². The molecule has 2 aromatic heterocycles. The molecule has 0 fully saturated rings. The molecule has 0 unspecified atom stereocenters. The molecule has 0 saturated heterocycles. The Kier molecular flexibility index (Phi) is 3.79. The van der Waals surface area contributed by atoms with E-state index in [1.54, 1.807) is 6.07 Å². The van der Waals surface area contributed by atoms with Crippen LogP contribution in [-0.2, 0) is 5.75 Å². The largest absolute Gasteiger partial charge is 0.477 e. The summed E-state index contributed by atoms with van der Waals surface area (Å²) in [5, 5.41) is 10.8. The number of thioether (sulfide) groups is 1. The van der Waals surface area contributed by atoms with E-state index in [4.69, 9.17) is 5.11 Å². The number of para-hydroxylation sites is 1. The van der Waals surface area contributed by atoms with Crippen molar-refractivity contribution in [2.45, 2.75) is 10.8 Å². The lowest BCUT2D eigenvalue weighted by atomic mass is 10.2. The van der Waals surface area contributed by atoms with E-state index in [1.165, 1.54) is 24.2 Å². The molecule has 0 aliphatic carbocycles. The number of carboxylic acids is 1. The van der Waals surface area contributed by atoms with Gasteiger partial charge < -0.3 is 5.11 Å². The molecular weight excluding hydrogens is 286 g/mol. The molecular formula is C15H11N3O2S. The highest BCUT2D eigenvalue weighted by atomic mass is 32.2. The number of benzene rings is 1. The number of rotatable bonds is 4. The second-order valence-corrected chi connectivity index (χ2v) is 5.27. The van der Waals surface area contributed by atoms with E-state index < -0.39 is 5.97 Å². The van der Waals surface area contributed by atoms with Gasteiger partial charge in [-0.2, -0.15) is 0 Å². The molecule has 6 heteroatoms. The lowest BCUT2D eigenvalue weighted by Gasteiger charge is -2.04. The molecule has 104 valence electrons. The first-order chi connectivity index (χ1) is 10.2. The molecule has 0 saturated carbocycles. The SMILES string of the molecule is O=C(O)c1cccc(CSc2ncnc3ccccc23)n1. The average Bonchev–Trinajstić information content (AvgIpc) is 2.53. The van der Waals surface area contributed by atoms with Crippen LogP contribution in [0.1, 0.15) is 16.2 Å². The highest BCUT2D eigenvalue weighted by molar-refractivity contribution is 7.98. The molecule has 0 aliphatic heterocycles. The fourth-order valence-corrected chi connectivity index (χ4v) is 2.81. The van der Waals surface area contributed by atoms with E-state index in [1.807, 2.05) is 30.3 Å². The van der Waals surface area contributed by atoms with E-state index in [0.29, 0.717) is 11.4 Å². The van der Waals surface area contributed by atoms with E-state index >= 15 is 0 Å². The smallest absolute Gasteiger partial charge is 0.354 e. The molecule has 0 atom stereocenters. The van der Waals surface area contributed by atoms with E-state index in [2.05, 4.69) is 15.0 Å². The zero-order chi connectivity index (χ0) is 14.7. The molecule has 0 radical (unpaired) electrons. The van der Waals surface area contributed by atoms with Crippen LogP contribution in [0.5, 0.6) is 0 Å². The van der Waals surface area contributed by atoms with Crippen molar-refractivity contribution in [3.63, 3.8) is 0 Å². The molecule has 1 N–H and O–H groups in total. The van der Waals surface area contributed by atoms with Crippen LogP contribution in [0.25, 0.3) is 10.9 Å². The van der Waals surface area contributed by atoms with Crippen molar-refractivity contribution < 1.29 is 9.90 Å². The van der Waals surface area contributed by atoms with Crippen molar-refractivity contribution in [2.24, 2.45) is 0 Å². The van der Waals surface area contributed by atoms with Crippen molar-refractivity contribution in [1.82, 2.24) is 15.0 Å². The summed E-state index contributed by atoms with van der Waals surface area (Å²) in [5.74, 6) is -0.461. The first-order valence-electron chi connectivity index (χ1n) is 6.26.